The first kappa shape index (κ1) is 11.4. The van der Waals surface area contributed by atoms with Gasteiger partial charge in [-0.2, -0.15) is 0 Å². The van der Waals surface area contributed by atoms with E-state index < -0.39 is 0 Å². The molecule has 1 aromatic rings. The minimum Gasteiger partial charge on any atom is -0.303 e. The molecule has 0 radical (unpaired) electrons. The molecular formula is C10H16ClN3. The van der Waals surface area contributed by atoms with E-state index >= 15 is 0 Å². The van der Waals surface area contributed by atoms with Crippen molar-refractivity contribution >= 4 is 12.4 Å². The minimum absolute atomic E-state index is 0. The maximum atomic E-state index is 4.36. The Bertz CT molecular complexity index is 263. The fraction of sp³-hybridized carbons (Fsp3) is 0.600. The lowest BCUT2D eigenvalue weighted by molar-refractivity contribution is 0.302. The van der Waals surface area contributed by atoms with Gasteiger partial charge in [-0.3, -0.25) is 9.97 Å². The van der Waals surface area contributed by atoms with E-state index in [1.807, 2.05) is 0 Å². The van der Waals surface area contributed by atoms with Gasteiger partial charge in [0.1, 0.15) is 0 Å². The molecule has 78 valence electrons. The van der Waals surface area contributed by atoms with Gasteiger partial charge >= 0.3 is 0 Å². The van der Waals surface area contributed by atoms with Crippen LogP contribution in [0.25, 0.3) is 0 Å². The molecule has 2 heterocycles. The predicted molar refractivity (Wildman–Crippen MR) is 58.8 cm³/mol. The Morgan fingerprint density at radius 2 is 1.64 bits per heavy atom. The predicted octanol–water partition coefficient (Wildman–Crippen LogP) is 1.32. The van der Waals surface area contributed by atoms with E-state index in [9.17, 15) is 0 Å². The summed E-state index contributed by atoms with van der Waals surface area (Å²) in [5.74, 6) is 0. The molecule has 0 aromatic carbocycles. The van der Waals surface area contributed by atoms with Crippen LogP contribution in [0, 0.1) is 0 Å². The van der Waals surface area contributed by atoms with Crippen molar-refractivity contribution in [1.29, 1.82) is 0 Å². The van der Waals surface area contributed by atoms with Crippen molar-refractivity contribution in [3.63, 3.8) is 0 Å². The van der Waals surface area contributed by atoms with Crippen molar-refractivity contribution in [1.82, 2.24) is 14.9 Å². The zero-order chi connectivity index (χ0) is 9.10. The average molecular weight is 214 g/mol. The highest BCUT2D eigenvalue weighted by Crippen LogP contribution is 2.09. The molecule has 0 atom stereocenters. The van der Waals surface area contributed by atoms with Crippen LogP contribution < -0.4 is 0 Å². The van der Waals surface area contributed by atoms with Crippen LogP contribution in [-0.2, 0) is 12.8 Å². The molecule has 0 bridgehead atoms. The number of halogens is 1. The summed E-state index contributed by atoms with van der Waals surface area (Å²) in [5.41, 5.74) is 2.39. The number of fused-ring (bicyclic) bond motifs is 1. The normalized spacial score (nSPS) is 16.6. The average Bonchev–Trinajstić information content (AvgIpc) is 2.39. The van der Waals surface area contributed by atoms with E-state index in [-0.39, 0.29) is 12.4 Å². The molecule has 0 N–H and O–H groups in total. The first-order valence-electron chi connectivity index (χ1n) is 4.91. The number of hydrogen-bond donors (Lipinski definition) is 0. The van der Waals surface area contributed by atoms with E-state index in [0.29, 0.717) is 0 Å². The highest BCUT2D eigenvalue weighted by Gasteiger charge is 2.13. The Morgan fingerprint density at radius 1 is 1.14 bits per heavy atom. The van der Waals surface area contributed by atoms with Gasteiger partial charge in [0.25, 0.3) is 0 Å². The van der Waals surface area contributed by atoms with E-state index in [2.05, 4.69) is 21.8 Å². The van der Waals surface area contributed by atoms with E-state index in [1.54, 1.807) is 12.4 Å². The summed E-state index contributed by atoms with van der Waals surface area (Å²) in [6.45, 7) is 5.59. The summed E-state index contributed by atoms with van der Waals surface area (Å²) < 4.78 is 0. The van der Waals surface area contributed by atoms with Crippen molar-refractivity contribution in [2.75, 3.05) is 19.6 Å². The van der Waals surface area contributed by atoms with Crippen molar-refractivity contribution in [2.24, 2.45) is 0 Å². The minimum atomic E-state index is 0. The second-order valence-corrected chi connectivity index (χ2v) is 3.38. The van der Waals surface area contributed by atoms with Gasteiger partial charge in [0.2, 0.25) is 0 Å². The third kappa shape index (κ3) is 2.42. The molecule has 0 fully saturated rings. The molecule has 1 aliphatic heterocycles. The van der Waals surface area contributed by atoms with Crippen LogP contribution in [0.5, 0.6) is 0 Å². The van der Waals surface area contributed by atoms with Crippen LogP contribution in [0.1, 0.15) is 18.3 Å². The van der Waals surface area contributed by atoms with Crippen LogP contribution >= 0.6 is 12.4 Å². The van der Waals surface area contributed by atoms with E-state index in [0.717, 1.165) is 32.5 Å². The summed E-state index contributed by atoms with van der Waals surface area (Å²) in [6, 6.07) is 0. The van der Waals surface area contributed by atoms with Crippen LogP contribution in [0.15, 0.2) is 12.4 Å². The van der Waals surface area contributed by atoms with Crippen LogP contribution in [0.4, 0.5) is 0 Å². The fourth-order valence-electron chi connectivity index (χ4n) is 1.77. The Balaban J connectivity index is 0.000000980. The van der Waals surface area contributed by atoms with Crippen LogP contribution in [0.3, 0.4) is 0 Å². The SMILES string of the molecule is CCN1CCc2nccnc2CC1.Cl. The van der Waals surface area contributed by atoms with Gasteiger partial charge in [0.05, 0.1) is 11.4 Å². The van der Waals surface area contributed by atoms with Crippen molar-refractivity contribution in [3.05, 3.63) is 23.8 Å². The second-order valence-electron chi connectivity index (χ2n) is 3.38. The maximum Gasteiger partial charge on any atom is 0.0631 e. The van der Waals surface area contributed by atoms with Crippen LogP contribution in [-0.4, -0.2) is 34.5 Å². The zero-order valence-corrected chi connectivity index (χ0v) is 9.26. The van der Waals surface area contributed by atoms with Gasteiger partial charge in [-0.1, -0.05) is 6.92 Å². The number of likely N-dealkylation sites (N-methyl/N-ethyl adjacent to an activating group) is 1. The zero-order valence-electron chi connectivity index (χ0n) is 8.44. The first-order valence-corrected chi connectivity index (χ1v) is 4.91. The summed E-state index contributed by atoms with van der Waals surface area (Å²) in [7, 11) is 0. The first-order chi connectivity index (χ1) is 6.40. The molecule has 14 heavy (non-hydrogen) atoms. The largest absolute Gasteiger partial charge is 0.303 e. The lowest BCUT2D eigenvalue weighted by Crippen LogP contribution is -2.25. The Labute approximate surface area is 91.0 Å². The molecule has 3 nitrogen and oxygen atoms in total. The van der Waals surface area contributed by atoms with Gasteiger partial charge in [-0.05, 0) is 6.54 Å². The molecule has 0 spiro atoms. The van der Waals surface area contributed by atoms with Crippen molar-refractivity contribution in [3.8, 4) is 0 Å². The van der Waals surface area contributed by atoms with Crippen LogP contribution in [0.2, 0.25) is 0 Å². The number of rotatable bonds is 1. The molecule has 0 saturated heterocycles. The second kappa shape index (κ2) is 5.27. The molecule has 0 amide bonds. The standard InChI is InChI=1S/C10H15N3.ClH/c1-2-13-7-3-9-10(4-8-13)12-6-5-11-9;/h5-6H,2-4,7-8H2,1H3;1H. The Morgan fingerprint density at radius 3 is 2.07 bits per heavy atom. The lowest BCUT2D eigenvalue weighted by atomic mass is 10.2. The maximum absolute atomic E-state index is 4.36. The number of aromatic nitrogens is 2. The highest BCUT2D eigenvalue weighted by molar-refractivity contribution is 5.85. The topological polar surface area (TPSA) is 29.0 Å². The monoisotopic (exact) mass is 213 g/mol. The molecule has 2 rings (SSSR count). The molecule has 1 aliphatic rings. The quantitative estimate of drug-likeness (QED) is 0.705. The molecule has 4 heteroatoms. The molecule has 1 aromatic heterocycles. The highest BCUT2D eigenvalue weighted by atomic mass is 35.5. The molecule has 0 saturated carbocycles. The van der Waals surface area contributed by atoms with Gasteiger partial charge < -0.3 is 4.90 Å². The van der Waals surface area contributed by atoms with E-state index in [4.69, 9.17) is 0 Å². The lowest BCUT2D eigenvalue weighted by Gasteiger charge is -2.15. The van der Waals surface area contributed by atoms with Gasteiger partial charge in [0.15, 0.2) is 0 Å². The third-order valence-corrected chi connectivity index (χ3v) is 2.64. The third-order valence-electron chi connectivity index (χ3n) is 2.64. The van der Waals surface area contributed by atoms with Gasteiger partial charge in [-0.15, -0.1) is 12.4 Å². The molecule has 0 unspecified atom stereocenters. The smallest absolute Gasteiger partial charge is 0.0631 e. The number of hydrogen-bond acceptors (Lipinski definition) is 3. The molecular weight excluding hydrogens is 198 g/mol. The molecule has 0 aliphatic carbocycles. The van der Waals surface area contributed by atoms with Gasteiger partial charge in [0, 0.05) is 38.3 Å². The summed E-state index contributed by atoms with van der Waals surface area (Å²) in [5, 5.41) is 0. The van der Waals surface area contributed by atoms with Crippen molar-refractivity contribution < 1.29 is 0 Å². The Kier molecular flexibility index (Phi) is 4.29. The number of nitrogens with zero attached hydrogens (tertiary/aromatic N) is 3. The van der Waals surface area contributed by atoms with Gasteiger partial charge in [-0.25, -0.2) is 0 Å². The van der Waals surface area contributed by atoms with E-state index in [1.165, 1.54) is 11.4 Å². The summed E-state index contributed by atoms with van der Waals surface area (Å²) in [4.78, 5) is 11.2. The fourth-order valence-corrected chi connectivity index (χ4v) is 1.77. The summed E-state index contributed by atoms with van der Waals surface area (Å²) >= 11 is 0. The Hall–Kier alpha value is -0.670. The van der Waals surface area contributed by atoms with Crippen molar-refractivity contribution in [2.45, 2.75) is 19.8 Å². The summed E-state index contributed by atoms with van der Waals surface area (Å²) in [6.07, 6.45) is 5.69.